The molecule has 1 saturated heterocycles. The molecule has 0 N–H and O–H groups in total. The van der Waals surface area contributed by atoms with E-state index >= 15 is 0 Å². The largest absolute Gasteiger partial charge is 0.481 e. The van der Waals surface area contributed by atoms with Crippen LogP contribution in [0.3, 0.4) is 0 Å². The quantitative estimate of drug-likeness (QED) is 0.377. The number of hydrogen-bond acceptors (Lipinski definition) is 6. The summed E-state index contributed by atoms with van der Waals surface area (Å²) in [6.07, 6.45) is 0.622. The molecule has 1 aromatic heterocycles. The molecule has 4 rings (SSSR count). The molecule has 1 aliphatic rings. The first kappa shape index (κ1) is 24.5. The molecule has 7 nitrogen and oxygen atoms in total. The maximum Gasteiger partial charge on any atom is 0.336 e. The predicted octanol–water partition coefficient (Wildman–Crippen LogP) is 4.73. The number of rotatable bonds is 6. The molecule has 35 heavy (non-hydrogen) atoms. The standard InChI is InChI=1S/C28H31NO6/c1-5-33-27(32)28(4)13-8-14-29(17-28)26(31)19(3)34-20-11-12-22-23(16-25(30)35-24(22)15-20)21-10-7-6-9-18(21)2/h6-7,9-12,15-16,19H,5,8,13-14,17H2,1-4H3. The van der Waals surface area contributed by atoms with Crippen LogP contribution in [0, 0.1) is 12.3 Å². The predicted molar refractivity (Wildman–Crippen MR) is 133 cm³/mol. The summed E-state index contributed by atoms with van der Waals surface area (Å²) in [6.45, 7) is 8.47. The van der Waals surface area contributed by atoms with Crippen molar-refractivity contribution >= 4 is 22.8 Å². The number of carbonyl (C=O) groups is 2. The lowest BCUT2D eigenvalue weighted by atomic mass is 9.82. The van der Waals surface area contributed by atoms with Gasteiger partial charge < -0.3 is 18.8 Å². The van der Waals surface area contributed by atoms with Gasteiger partial charge in [0.05, 0.1) is 12.0 Å². The molecule has 7 heteroatoms. The topological polar surface area (TPSA) is 86.0 Å². The second-order valence-electron chi connectivity index (χ2n) is 9.36. The number of nitrogens with zero attached hydrogens (tertiary/aromatic N) is 1. The lowest BCUT2D eigenvalue weighted by Gasteiger charge is -2.39. The fourth-order valence-corrected chi connectivity index (χ4v) is 4.73. The van der Waals surface area contributed by atoms with Crippen LogP contribution in [0.4, 0.5) is 0 Å². The van der Waals surface area contributed by atoms with E-state index in [2.05, 4.69) is 0 Å². The monoisotopic (exact) mass is 477 g/mol. The van der Waals surface area contributed by atoms with Gasteiger partial charge in [0, 0.05) is 36.2 Å². The first-order valence-electron chi connectivity index (χ1n) is 12.0. The summed E-state index contributed by atoms with van der Waals surface area (Å²) in [5.41, 5.74) is 2.01. The van der Waals surface area contributed by atoms with Crippen LogP contribution in [0.2, 0.25) is 0 Å². The number of aryl methyl sites for hydroxylation is 1. The molecular weight excluding hydrogens is 446 g/mol. The molecule has 2 atom stereocenters. The van der Waals surface area contributed by atoms with Crippen LogP contribution in [0.5, 0.6) is 5.75 Å². The first-order valence-corrected chi connectivity index (χ1v) is 12.0. The molecule has 3 aromatic rings. The van der Waals surface area contributed by atoms with Gasteiger partial charge >= 0.3 is 11.6 Å². The second kappa shape index (κ2) is 9.94. The highest BCUT2D eigenvalue weighted by atomic mass is 16.5. The highest BCUT2D eigenvalue weighted by molar-refractivity contribution is 5.94. The normalized spacial score (nSPS) is 18.8. The molecule has 0 bridgehead atoms. The van der Waals surface area contributed by atoms with E-state index in [1.165, 1.54) is 6.07 Å². The number of benzene rings is 2. The van der Waals surface area contributed by atoms with Crippen molar-refractivity contribution in [1.82, 2.24) is 4.90 Å². The molecule has 0 saturated carbocycles. The van der Waals surface area contributed by atoms with Crippen LogP contribution in [-0.4, -0.2) is 42.6 Å². The number of hydrogen-bond donors (Lipinski definition) is 0. The van der Waals surface area contributed by atoms with E-state index in [0.29, 0.717) is 37.4 Å². The number of likely N-dealkylation sites (tertiary alicyclic amines) is 1. The Morgan fingerprint density at radius 2 is 1.91 bits per heavy atom. The zero-order valence-corrected chi connectivity index (χ0v) is 20.6. The average molecular weight is 478 g/mol. The summed E-state index contributed by atoms with van der Waals surface area (Å²) < 4.78 is 16.6. The van der Waals surface area contributed by atoms with E-state index in [4.69, 9.17) is 13.9 Å². The van der Waals surface area contributed by atoms with Crippen LogP contribution in [0.15, 0.2) is 57.7 Å². The van der Waals surface area contributed by atoms with E-state index in [9.17, 15) is 14.4 Å². The van der Waals surface area contributed by atoms with Crippen LogP contribution in [0.25, 0.3) is 22.1 Å². The summed E-state index contributed by atoms with van der Waals surface area (Å²) in [6, 6.07) is 14.6. The van der Waals surface area contributed by atoms with E-state index in [0.717, 1.165) is 28.5 Å². The number of fused-ring (bicyclic) bond motifs is 1. The Balaban J connectivity index is 1.55. The van der Waals surface area contributed by atoms with Crippen molar-refractivity contribution in [3.63, 3.8) is 0 Å². The Hall–Kier alpha value is -3.61. The third kappa shape index (κ3) is 5.09. The number of esters is 1. The SMILES string of the molecule is CCOC(=O)C1(C)CCCN(C(=O)C(C)Oc2ccc3c(-c4ccccc4C)cc(=O)oc3c2)C1. The zero-order valence-electron chi connectivity index (χ0n) is 20.6. The van der Waals surface area contributed by atoms with Crippen LogP contribution >= 0.6 is 0 Å². The fourth-order valence-electron chi connectivity index (χ4n) is 4.73. The van der Waals surface area contributed by atoms with Crippen molar-refractivity contribution in [2.45, 2.75) is 46.6 Å². The number of carbonyl (C=O) groups excluding carboxylic acids is 2. The number of amides is 1. The Labute approximate surface area is 204 Å². The molecule has 1 fully saturated rings. The summed E-state index contributed by atoms with van der Waals surface area (Å²) in [7, 11) is 0. The van der Waals surface area contributed by atoms with Gasteiger partial charge in [-0.3, -0.25) is 9.59 Å². The molecule has 2 heterocycles. The van der Waals surface area contributed by atoms with Gasteiger partial charge in [0.2, 0.25) is 0 Å². The number of ether oxygens (including phenoxy) is 2. The molecule has 2 aromatic carbocycles. The van der Waals surface area contributed by atoms with E-state index in [1.54, 1.807) is 30.9 Å². The highest BCUT2D eigenvalue weighted by Gasteiger charge is 2.41. The summed E-state index contributed by atoms with van der Waals surface area (Å²) >= 11 is 0. The lowest BCUT2D eigenvalue weighted by Crippen LogP contribution is -2.52. The van der Waals surface area contributed by atoms with Gasteiger partial charge in [0.1, 0.15) is 11.3 Å². The van der Waals surface area contributed by atoms with E-state index in [-0.39, 0.29) is 11.9 Å². The van der Waals surface area contributed by atoms with Gasteiger partial charge in [-0.15, -0.1) is 0 Å². The van der Waals surface area contributed by atoms with Gasteiger partial charge in [0.15, 0.2) is 6.10 Å². The second-order valence-corrected chi connectivity index (χ2v) is 9.36. The molecule has 2 unspecified atom stereocenters. The van der Waals surface area contributed by atoms with Crippen molar-refractivity contribution < 1.29 is 23.5 Å². The van der Waals surface area contributed by atoms with Crippen LogP contribution in [0.1, 0.15) is 39.2 Å². The van der Waals surface area contributed by atoms with Crippen molar-refractivity contribution in [3.05, 3.63) is 64.5 Å². The highest BCUT2D eigenvalue weighted by Crippen LogP contribution is 2.33. The fraction of sp³-hybridized carbons (Fsp3) is 0.393. The van der Waals surface area contributed by atoms with Crippen LogP contribution in [-0.2, 0) is 14.3 Å². The van der Waals surface area contributed by atoms with Gasteiger partial charge in [-0.05, 0) is 63.8 Å². The molecular formula is C28H31NO6. The minimum Gasteiger partial charge on any atom is -0.481 e. The number of piperidine rings is 1. The third-order valence-corrected chi connectivity index (χ3v) is 6.59. The Morgan fingerprint density at radius 1 is 1.14 bits per heavy atom. The van der Waals surface area contributed by atoms with Gasteiger partial charge in [-0.1, -0.05) is 24.3 Å². The Kier molecular flexibility index (Phi) is 6.96. The van der Waals surface area contributed by atoms with Gasteiger partial charge in [0.25, 0.3) is 5.91 Å². The Morgan fingerprint density at radius 3 is 2.66 bits per heavy atom. The van der Waals surface area contributed by atoms with E-state index < -0.39 is 17.1 Å². The smallest absolute Gasteiger partial charge is 0.336 e. The van der Waals surface area contributed by atoms with E-state index in [1.807, 2.05) is 44.2 Å². The lowest BCUT2D eigenvalue weighted by molar-refractivity contribution is -0.160. The maximum atomic E-state index is 13.1. The third-order valence-electron chi connectivity index (χ3n) is 6.59. The van der Waals surface area contributed by atoms with Crippen molar-refractivity contribution in [3.8, 4) is 16.9 Å². The minimum absolute atomic E-state index is 0.199. The van der Waals surface area contributed by atoms with Gasteiger partial charge in [-0.2, -0.15) is 0 Å². The van der Waals surface area contributed by atoms with Crippen molar-refractivity contribution in [2.75, 3.05) is 19.7 Å². The average Bonchev–Trinajstić information content (AvgIpc) is 2.83. The summed E-state index contributed by atoms with van der Waals surface area (Å²) in [4.78, 5) is 39.5. The first-order chi connectivity index (χ1) is 16.7. The van der Waals surface area contributed by atoms with Crippen LogP contribution < -0.4 is 10.4 Å². The van der Waals surface area contributed by atoms with Gasteiger partial charge in [-0.25, -0.2) is 4.79 Å². The van der Waals surface area contributed by atoms with Crippen molar-refractivity contribution in [2.24, 2.45) is 5.41 Å². The zero-order chi connectivity index (χ0) is 25.2. The molecule has 1 amide bonds. The minimum atomic E-state index is -0.775. The molecule has 1 aliphatic heterocycles. The van der Waals surface area contributed by atoms with Crippen molar-refractivity contribution in [1.29, 1.82) is 0 Å². The summed E-state index contributed by atoms with van der Waals surface area (Å²) in [5.74, 6) is -0.0517. The molecule has 0 spiro atoms. The summed E-state index contributed by atoms with van der Waals surface area (Å²) in [5, 5.41) is 0.784. The molecule has 0 aliphatic carbocycles. The Bertz CT molecular complexity index is 1310. The maximum absolute atomic E-state index is 13.1. The molecule has 184 valence electrons. The molecule has 0 radical (unpaired) electrons.